The van der Waals surface area contributed by atoms with Gasteiger partial charge in [-0.25, -0.2) is 9.69 Å². The van der Waals surface area contributed by atoms with Gasteiger partial charge >= 0.3 is 6.03 Å². The van der Waals surface area contributed by atoms with Gasteiger partial charge in [0.15, 0.2) is 11.5 Å². The van der Waals surface area contributed by atoms with Crippen molar-refractivity contribution in [2.24, 2.45) is 0 Å². The van der Waals surface area contributed by atoms with Crippen molar-refractivity contribution in [2.75, 3.05) is 12.0 Å². The molecule has 1 aliphatic heterocycles. The molecule has 1 aliphatic rings. The molecular weight excluding hydrogens is 368 g/mol. The molecule has 3 rings (SSSR count). The number of carbonyl (C=O) groups excluding carboxylic acids is 2. The van der Waals surface area contributed by atoms with Crippen LogP contribution < -0.4 is 19.7 Å². The first kappa shape index (κ1) is 18.8. The molecule has 2 aromatic carbocycles. The molecule has 0 atom stereocenters. The van der Waals surface area contributed by atoms with E-state index < -0.39 is 11.9 Å². The van der Waals surface area contributed by atoms with Gasteiger partial charge in [-0.3, -0.25) is 4.79 Å². The maximum Gasteiger partial charge on any atom is 0.333 e. The molecule has 0 aromatic heterocycles. The second kappa shape index (κ2) is 7.72. The molecule has 1 fully saturated rings. The van der Waals surface area contributed by atoms with Gasteiger partial charge < -0.3 is 14.8 Å². The summed E-state index contributed by atoms with van der Waals surface area (Å²) in [7, 11) is 1.51. The molecule has 1 heterocycles. The van der Waals surface area contributed by atoms with Gasteiger partial charge in [-0.15, -0.1) is 0 Å². The van der Waals surface area contributed by atoms with Crippen LogP contribution in [0.4, 0.5) is 10.5 Å². The quantitative estimate of drug-likeness (QED) is 0.616. The highest BCUT2D eigenvalue weighted by Gasteiger charge is 2.34. The number of anilines is 1. The van der Waals surface area contributed by atoms with Crippen molar-refractivity contribution >= 4 is 35.3 Å². The van der Waals surface area contributed by atoms with Crippen LogP contribution in [-0.4, -0.2) is 25.2 Å². The summed E-state index contributed by atoms with van der Waals surface area (Å²) < 4.78 is 11.0. The molecule has 140 valence electrons. The van der Waals surface area contributed by atoms with Gasteiger partial charge in [-0.1, -0.05) is 29.8 Å². The largest absolute Gasteiger partial charge is 0.493 e. The Hall–Kier alpha value is -2.99. The monoisotopic (exact) mass is 386 g/mol. The first-order valence-corrected chi connectivity index (χ1v) is 8.75. The fourth-order valence-electron chi connectivity index (χ4n) is 2.69. The summed E-state index contributed by atoms with van der Waals surface area (Å²) in [6, 6.07) is 11.6. The number of para-hydroxylation sites is 1. The van der Waals surface area contributed by atoms with Crippen molar-refractivity contribution < 1.29 is 19.1 Å². The van der Waals surface area contributed by atoms with Crippen molar-refractivity contribution in [2.45, 2.75) is 20.0 Å². The Balaban J connectivity index is 1.94. The van der Waals surface area contributed by atoms with Gasteiger partial charge in [0.25, 0.3) is 5.91 Å². The van der Waals surface area contributed by atoms with Gasteiger partial charge in [0, 0.05) is 0 Å². The number of benzene rings is 2. The summed E-state index contributed by atoms with van der Waals surface area (Å²) in [6.07, 6.45) is 1.48. The number of imide groups is 1. The Labute approximate surface area is 162 Å². The van der Waals surface area contributed by atoms with Gasteiger partial charge in [0.2, 0.25) is 0 Å². The SMILES string of the molecule is COc1cc(/C=C2\NC(=O)N(c3ccccc3)C2=O)cc(Cl)c1OC(C)C. The molecule has 7 heteroatoms. The lowest BCUT2D eigenvalue weighted by Crippen LogP contribution is -2.30. The first-order valence-electron chi connectivity index (χ1n) is 8.37. The van der Waals surface area contributed by atoms with Crippen LogP contribution >= 0.6 is 11.6 Å². The van der Waals surface area contributed by atoms with E-state index in [1.165, 1.54) is 7.11 Å². The van der Waals surface area contributed by atoms with Crippen LogP contribution in [0.5, 0.6) is 11.5 Å². The predicted octanol–water partition coefficient (Wildman–Crippen LogP) is 4.23. The highest BCUT2D eigenvalue weighted by atomic mass is 35.5. The summed E-state index contributed by atoms with van der Waals surface area (Å²) in [5.74, 6) is 0.438. The number of amides is 3. The summed E-state index contributed by atoms with van der Waals surface area (Å²) in [4.78, 5) is 26.0. The summed E-state index contributed by atoms with van der Waals surface area (Å²) in [5, 5.41) is 2.94. The smallest absolute Gasteiger partial charge is 0.333 e. The van der Waals surface area contributed by atoms with Crippen molar-refractivity contribution in [1.29, 1.82) is 0 Å². The molecule has 0 saturated carbocycles. The number of hydrogen-bond donors (Lipinski definition) is 1. The number of urea groups is 1. The molecule has 0 unspecified atom stereocenters. The van der Waals surface area contributed by atoms with Crippen LogP contribution in [0.15, 0.2) is 48.2 Å². The van der Waals surface area contributed by atoms with E-state index in [0.29, 0.717) is 27.8 Å². The van der Waals surface area contributed by atoms with Gasteiger partial charge in [0.05, 0.1) is 23.9 Å². The van der Waals surface area contributed by atoms with Crippen molar-refractivity contribution in [1.82, 2.24) is 5.32 Å². The first-order chi connectivity index (χ1) is 12.9. The lowest BCUT2D eigenvalue weighted by atomic mass is 10.1. The van der Waals surface area contributed by atoms with Crippen molar-refractivity contribution in [3.63, 3.8) is 0 Å². The maximum absolute atomic E-state index is 12.7. The van der Waals surface area contributed by atoms with E-state index in [4.69, 9.17) is 21.1 Å². The van der Waals surface area contributed by atoms with E-state index in [1.807, 2.05) is 19.9 Å². The summed E-state index contributed by atoms with van der Waals surface area (Å²) in [6.45, 7) is 3.77. The summed E-state index contributed by atoms with van der Waals surface area (Å²) in [5.41, 5.74) is 1.26. The second-order valence-corrected chi connectivity index (χ2v) is 6.57. The average Bonchev–Trinajstić information content (AvgIpc) is 2.91. The Morgan fingerprint density at radius 3 is 2.48 bits per heavy atom. The van der Waals surface area contributed by atoms with Crippen molar-refractivity contribution in [3.8, 4) is 11.5 Å². The number of hydrogen-bond acceptors (Lipinski definition) is 4. The Morgan fingerprint density at radius 1 is 1.15 bits per heavy atom. The van der Waals surface area contributed by atoms with E-state index in [0.717, 1.165) is 4.90 Å². The zero-order valence-electron chi connectivity index (χ0n) is 15.2. The molecule has 0 radical (unpaired) electrons. The number of ether oxygens (including phenoxy) is 2. The molecule has 0 bridgehead atoms. The number of carbonyl (C=O) groups is 2. The highest BCUT2D eigenvalue weighted by Crippen LogP contribution is 2.37. The lowest BCUT2D eigenvalue weighted by molar-refractivity contribution is -0.113. The minimum absolute atomic E-state index is 0.0734. The van der Waals surface area contributed by atoms with Crippen molar-refractivity contribution in [3.05, 3.63) is 58.7 Å². The number of methoxy groups -OCH3 is 1. The summed E-state index contributed by atoms with van der Waals surface area (Å²) >= 11 is 6.32. The number of rotatable bonds is 5. The topological polar surface area (TPSA) is 67.9 Å². The normalized spacial score (nSPS) is 15.4. The van der Waals surface area contributed by atoms with E-state index >= 15 is 0 Å². The Bertz CT molecular complexity index is 910. The molecule has 0 aliphatic carbocycles. The Morgan fingerprint density at radius 2 is 1.85 bits per heavy atom. The number of nitrogens with zero attached hydrogens (tertiary/aromatic N) is 1. The van der Waals surface area contributed by atoms with Gasteiger partial charge in [-0.05, 0) is 49.8 Å². The molecule has 2 aromatic rings. The minimum Gasteiger partial charge on any atom is -0.493 e. The van der Waals surface area contributed by atoms with E-state index in [2.05, 4.69) is 5.32 Å². The molecule has 0 spiro atoms. The standard InChI is InChI=1S/C20H19ClN2O4/c1-12(2)27-18-15(21)9-13(11-17(18)26-3)10-16-19(24)23(20(25)22-16)14-7-5-4-6-8-14/h4-12H,1-3H3,(H,22,25)/b16-10-. The number of nitrogens with one attached hydrogen (secondary N) is 1. The number of halogens is 1. The third-order valence-electron chi connectivity index (χ3n) is 3.81. The highest BCUT2D eigenvalue weighted by molar-refractivity contribution is 6.32. The molecular formula is C20H19ClN2O4. The average molecular weight is 387 g/mol. The second-order valence-electron chi connectivity index (χ2n) is 6.16. The van der Waals surface area contributed by atoms with Gasteiger partial charge in [-0.2, -0.15) is 0 Å². The van der Waals surface area contributed by atoms with E-state index in [9.17, 15) is 9.59 Å². The van der Waals surface area contributed by atoms with Crippen LogP contribution in [0.3, 0.4) is 0 Å². The van der Waals surface area contributed by atoms with Crippen LogP contribution in [0.2, 0.25) is 5.02 Å². The zero-order valence-corrected chi connectivity index (χ0v) is 15.9. The molecule has 27 heavy (non-hydrogen) atoms. The van der Waals surface area contributed by atoms with Crippen LogP contribution in [0.25, 0.3) is 6.08 Å². The molecule has 3 amide bonds. The molecule has 6 nitrogen and oxygen atoms in total. The minimum atomic E-state index is -0.504. The maximum atomic E-state index is 12.7. The van der Waals surface area contributed by atoms with Crippen LogP contribution in [0.1, 0.15) is 19.4 Å². The van der Waals surface area contributed by atoms with E-state index in [-0.39, 0.29) is 11.8 Å². The van der Waals surface area contributed by atoms with Gasteiger partial charge in [0.1, 0.15) is 5.70 Å². The molecule has 1 saturated heterocycles. The van der Waals surface area contributed by atoms with E-state index in [1.54, 1.807) is 42.5 Å². The third kappa shape index (κ3) is 3.90. The Kier molecular flexibility index (Phi) is 5.37. The zero-order chi connectivity index (χ0) is 19.6. The van der Waals surface area contributed by atoms with Crippen LogP contribution in [0, 0.1) is 0 Å². The predicted molar refractivity (Wildman–Crippen MR) is 104 cm³/mol. The molecule has 1 N–H and O–H groups in total. The van der Waals surface area contributed by atoms with Crippen LogP contribution in [-0.2, 0) is 4.79 Å². The third-order valence-corrected chi connectivity index (χ3v) is 4.09. The fraction of sp³-hybridized carbons (Fsp3) is 0.200. The lowest BCUT2D eigenvalue weighted by Gasteiger charge is -2.15. The fourth-order valence-corrected chi connectivity index (χ4v) is 2.95.